The lowest BCUT2D eigenvalue weighted by Gasteiger charge is -2.35. The van der Waals surface area contributed by atoms with Gasteiger partial charge in [-0.15, -0.1) is 0 Å². The maximum atomic E-state index is 12.4. The Morgan fingerprint density at radius 3 is 1.77 bits per heavy atom. The Balaban J connectivity index is 2.64. The van der Waals surface area contributed by atoms with Gasteiger partial charge in [-0.05, 0) is 18.8 Å². The fourth-order valence-electron chi connectivity index (χ4n) is 1.56. The summed E-state index contributed by atoms with van der Waals surface area (Å²) in [5, 5.41) is 0. The molecule has 5 heteroatoms. The van der Waals surface area contributed by atoms with E-state index in [1.165, 1.54) is 0 Å². The van der Waals surface area contributed by atoms with Gasteiger partial charge in [0, 0.05) is 9.65 Å². The summed E-state index contributed by atoms with van der Waals surface area (Å²) in [6.45, 7) is 1.96. The van der Waals surface area contributed by atoms with Crippen LogP contribution in [0.15, 0.2) is 0 Å². The van der Waals surface area contributed by atoms with Crippen molar-refractivity contribution in [3.8, 4) is 0 Å². The topological polar surface area (TPSA) is 0 Å². The third-order valence-electron chi connectivity index (χ3n) is 2.62. The molecule has 0 amide bonds. The molecule has 2 atom stereocenters. The normalized spacial score (nSPS) is 42.0. The highest BCUT2D eigenvalue weighted by Crippen LogP contribution is 2.44. The molecule has 78 valence electrons. The van der Waals surface area contributed by atoms with Crippen LogP contribution < -0.4 is 0 Å². The fraction of sp³-hybridized carbons (Fsp3) is 1.00. The first kappa shape index (κ1) is 11.8. The van der Waals surface area contributed by atoms with Crippen molar-refractivity contribution in [3.05, 3.63) is 0 Å². The number of hydrogen-bond donors (Lipinski definition) is 0. The Morgan fingerprint density at radius 1 is 1.08 bits per heavy atom. The van der Waals surface area contributed by atoms with Gasteiger partial charge in [0.15, 0.2) is 0 Å². The van der Waals surface area contributed by atoms with Gasteiger partial charge in [0.2, 0.25) is 0 Å². The van der Waals surface area contributed by atoms with Crippen molar-refractivity contribution >= 4 is 31.9 Å². The molecule has 0 aromatic heterocycles. The Morgan fingerprint density at radius 2 is 1.46 bits per heavy atom. The van der Waals surface area contributed by atoms with Crippen molar-refractivity contribution in [3.63, 3.8) is 0 Å². The molecule has 0 saturated heterocycles. The van der Waals surface area contributed by atoms with Gasteiger partial charge in [-0.3, -0.25) is 0 Å². The van der Waals surface area contributed by atoms with Gasteiger partial charge < -0.3 is 0 Å². The van der Waals surface area contributed by atoms with Crippen LogP contribution in [-0.2, 0) is 0 Å². The molecular formula is C8H11Br2F3. The zero-order chi connectivity index (χ0) is 10.2. The number of alkyl halides is 5. The van der Waals surface area contributed by atoms with Crippen molar-refractivity contribution in [1.82, 2.24) is 0 Å². The standard InChI is InChI=1S/C8H11Br2F3/c1-4-6(9)2-5(3-7(4)10)8(11,12)13/h4-7H,2-3H2,1H3. The summed E-state index contributed by atoms with van der Waals surface area (Å²) in [6.07, 6.45) is -3.64. The minimum atomic E-state index is -4.04. The van der Waals surface area contributed by atoms with Gasteiger partial charge in [0.1, 0.15) is 0 Å². The Labute approximate surface area is 92.5 Å². The summed E-state index contributed by atoms with van der Waals surface area (Å²) in [7, 11) is 0. The molecule has 0 aromatic rings. The molecule has 0 nitrogen and oxygen atoms in total. The van der Waals surface area contributed by atoms with Gasteiger partial charge >= 0.3 is 6.18 Å². The highest BCUT2D eigenvalue weighted by atomic mass is 79.9. The van der Waals surface area contributed by atoms with Crippen molar-refractivity contribution in [2.24, 2.45) is 11.8 Å². The third-order valence-corrected chi connectivity index (χ3v) is 5.04. The molecule has 0 radical (unpaired) electrons. The SMILES string of the molecule is CC1C(Br)CC(C(F)(F)F)CC1Br. The largest absolute Gasteiger partial charge is 0.391 e. The third kappa shape index (κ3) is 2.85. The van der Waals surface area contributed by atoms with Crippen LogP contribution in [-0.4, -0.2) is 15.8 Å². The quantitative estimate of drug-likeness (QED) is 0.588. The van der Waals surface area contributed by atoms with E-state index in [1.54, 1.807) is 0 Å². The zero-order valence-electron chi connectivity index (χ0n) is 7.11. The Hall–Kier alpha value is 0.750. The zero-order valence-corrected chi connectivity index (χ0v) is 10.3. The first-order valence-corrected chi connectivity index (χ1v) is 6.00. The van der Waals surface area contributed by atoms with E-state index in [-0.39, 0.29) is 28.4 Å². The van der Waals surface area contributed by atoms with Gasteiger partial charge in [-0.1, -0.05) is 38.8 Å². The maximum absolute atomic E-state index is 12.4. The van der Waals surface area contributed by atoms with Gasteiger partial charge in [-0.2, -0.15) is 13.2 Å². The smallest absolute Gasteiger partial charge is 0.171 e. The lowest BCUT2D eigenvalue weighted by atomic mass is 9.82. The van der Waals surface area contributed by atoms with Crippen LogP contribution in [0.25, 0.3) is 0 Å². The second-order valence-corrected chi connectivity index (χ2v) is 5.95. The molecule has 0 aliphatic heterocycles. The minimum Gasteiger partial charge on any atom is -0.171 e. The van der Waals surface area contributed by atoms with E-state index in [4.69, 9.17) is 0 Å². The minimum absolute atomic E-state index is 0.0303. The predicted molar refractivity (Wildman–Crippen MR) is 53.4 cm³/mol. The molecule has 0 heterocycles. The van der Waals surface area contributed by atoms with Crippen molar-refractivity contribution in [2.45, 2.75) is 35.6 Å². The average Bonchev–Trinajstić information content (AvgIpc) is 1.97. The highest BCUT2D eigenvalue weighted by Gasteiger charge is 2.46. The summed E-state index contributed by atoms with van der Waals surface area (Å²) >= 11 is 6.59. The van der Waals surface area contributed by atoms with Gasteiger partial charge in [0.05, 0.1) is 5.92 Å². The average molecular weight is 324 g/mol. The molecule has 2 unspecified atom stereocenters. The molecule has 0 N–H and O–H groups in total. The number of hydrogen-bond acceptors (Lipinski definition) is 0. The molecule has 1 aliphatic rings. The van der Waals surface area contributed by atoms with Crippen molar-refractivity contribution in [1.29, 1.82) is 0 Å². The number of halogens is 5. The van der Waals surface area contributed by atoms with Crippen LogP contribution in [0.4, 0.5) is 13.2 Å². The summed E-state index contributed by atoms with van der Waals surface area (Å²) in [6, 6.07) is 0. The summed E-state index contributed by atoms with van der Waals surface area (Å²) in [4.78, 5) is -0.0606. The molecule has 0 bridgehead atoms. The van der Waals surface area contributed by atoms with Crippen LogP contribution in [0.3, 0.4) is 0 Å². The fourth-order valence-corrected chi connectivity index (χ4v) is 3.61. The van der Waals surface area contributed by atoms with Gasteiger partial charge in [-0.25, -0.2) is 0 Å². The summed E-state index contributed by atoms with van der Waals surface area (Å²) in [5.41, 5.74) is 0. The highest BCUT2D eigenvalue weighted by molar-refractivity contribution is 9.10. The van der Waals surface area contributed by atoms with Crippen LogP contribution in [0.2, 0.25) is 0 Å². The van der Waals surface area contributed by atoms with E-state index in [2.05, 4.69) is 31.9 Å². The van der Waals surface area contributed by atoms with Gasteiger partial charge in [0.25, 0.3) is 0 Å². The van der Waals surface area contributed by atoms with Crippen LogP contribution in [0, 0.1) is 11.8 Å². The second kappa shape index (κ2) is 4.09. The lowest BCUT2D eigenvalue weighted by molar-refractivity contribution is -0.182. The molecule has 13 heavy (non-hydrogen) atoms. The molecule has 0 spiro atoms. The van der Waals surface area contributed by atoms with E-state index in [0.717, 1.165) is 0 Å². The first-order chi connectivity index (χ1) is 5.82. The number of rotatable bonds is 0. The van der Waals surface area contributed by atoms with E-state index in [1.807, 2.05) is 6.92 Å². The maximum Gasteiger partial charge on any atom is 0.391 e. The van der Waals surface area contributed by atoms with E-state index < -0.39 is 12.1 Å². The molecule has 0 aromatic carbocycles. The predicted octanol–water partition coefficient (Wildman–Crippen LogP) is 4.12. The second-order valence-electron chi connectivity index (χ2n) is 3.60. The Bertz CT molecular complexity index is 169. The molecule has 1 saturated carbocycles. The lowest BCUT2D eigenvalue weighted by Crippen LogP contribution is -2.38. The molecule has 1 rings (SSSR count). The monoisotopic (exact) mass is 322 g/mol. The Kier molecular flexibility index (Phi) is 3.72. The van der Waals surface area contributed by atoms with Crippen LogP contribution >= 0.6 is 31.9 Å². The summed E-state index contributed by atoms with van der Waals surface area (Å²) in [5.74, 6) is -0.893. The van der Waals surface area contributed by atoms with E-state index in [0.29, 0.717) is 0 Å². The van der Waals surface area contributed by atoms with E-state index in [9.17, 15) is 13.2 Å². The summed E-state index contributed by atoms with van der Waals surface area (Å²) < 4.78 is 37.1. The van der Waals surface area contributed by atoms with E-state index >= 15 is 0 Å². The molecule has 1 aliphatic carbocycles. The molecule has 1 fully saturated rings. The first-order valence-electron chi connectivity index (χ1n) is 4.17. The van der Waals surface area contributed by atoms with Crippen LogP contribution in [0.1, 0.15) is 19.8 Å². The van der Waals surface area contributed by atoms with Crippen molar-refractivity contribution < 1.29 is 13.2 Å². The van der Waals surface area contributed by atoms with Crippen LogP contribution in [0.5, 0.6) is 0 Å². The van der Waals surface area contributed by atoms with Crippen molar-refractivity contribution in [2.75, 3.05) is 0 Å². The molecular weight excluding hydrogens is 313 g/mol.